The van der Waals surface area contributed by atoms with Gasteiger partial charge in [0.15, 0.2) is 0 Å². The van der Waals surface area contributed by atoms with Crippen molar-refractivity contribution in [3.8, 4) is 0 Å². The van der Waals surface area contributed by atoms with Crippen LogP contribution in [0.3, 0.4) is 0 Å². The topological polar surface area (TPSA) is 55.2 Å². The van der Waals surface area contributed by atoms with Gasteiger partial charge in [0.25, 0.3) is 5.69 Å². The van der Waals surface area contributed by atoms with E-state index in [1.165, 1.54) is 18.2 Å². The summed E-state index contributed by atoms with van der Waals surface area (Å²) in [5.41, 5.74) is 1.11. The van der Waals surface area contributed by atoms with Crippen molar-refractivity contribution < 1.29 is 13.7 Å². The second-order valence-corrected chi connectivity index (χ2v) is 5.20. The second-order valence-electron chi connectivity index (χ2n) is 4.35. The molecule has 0 radical (unpaired) electrons. The molecule has 0 atom stereocenters. The first-order valence-electron chi connectivity index (χ1n) is 6.09. The highest BCUT2D eigenvalue weighted by Gasteiger charge is 2.08. The molecule has 0 amide bonds. The average molecular weight is 357 g/mol. The van der Waals surface area contributed by atoms with Gasteiger partial charge < -0.3 is 5.32 Å². The Morgan fingerprint density at radius 1 is 1.14 bits per heavy atom. The molecule has 0 unspecified atom stereocenters. The molecule has 0 aliphatic heterocycles. The van der Waals surface area contributed by atoms with Crippen LogP contribution in [0.25, 0.3) is 0 Å². The minimum atomic E-state index is -0.667. The summed E-state index contributed by atoms with van der Waals surface area (Å²) in [6.07, 6.45) is 0.562. The van der Waals surface area contributed by atoms with Crippen LogP contribution < -0.4 is 5.32 Å². The van der Waals surface area contributed by atoms with Crippen molar-refractivity contribution in [2.75, 3.05) is 11.9 Å². The zero-order valence-electron chi connectivity index (χ0n) is 10.8. The van der Waals surface area contributed by atoms with Crippen LogP contribution in [0.4, 0.5) is 20.2 Å². The van der Waals surface area contributed by atoms with E-state index in [1.807, 2.05) is 0 Å². The Kier molecular flexibility index (Phi) is 4.85. The Hall–Kier alpha value is -2.02. The fourth-order valence-corrected chi connectivity index (χ4v) is 2.13. The van der Waals surface area contributed by atoms with Crippen molar-refractivity contribution >= 4 is 27.3 Å². The van der Waals surface area contributed by atoms with Gasteiger partial charge in [-0.2, -0.15) is 0 Å². The maximum Gasteiger partial charge on any atom is 0.269 e. The number of nitro benzene ring substituents is 1. The van der Waals surface area contributed by atoms with E-state index in [2.05, 4.69) is 21.2 Å². The van der Waals surface area contributed by atoms with Gasteiger partial charge in [-0.25, -0.2) is 8.78 Å². The zero-order valence-corrected chi connectivity index (χ0v) is 12.4. The summed E-state index contributed by atoms with van der Waals surface area (Å²) in [5, 5.41) is 13.4. The summed E-state index contributed by atoms with van der Waals surface area (Å²) in [7, 11) is 0. The molecule has 0 spiro atoms. The van der Waals surface area contributed by atoms with Crippen LogP contribution in [0.15, 0.2) is 40.9 Å². The highest BCUT2D eigenvalue weighted by molar-refractivity contribution is 9.10. The molecular formula is C14H11BrF2N2O2. The quantitative estimate of drug-likeness (QED) is 0.493. The zero-order chi connectivity index (χ0) is 15.4. The first-order chi connectivity index (χ1) is 9.97. The van der Waals surface area contributed by atoms with Gasteiger partial charge in [-0.1, -0.05) is 12.1 Å². The number of benzene rings is 2. The molecule has 2 aromatic rings. The van der Waals surface area contributed by atoms with Gasteiger partial charge in [0.1, 0.15) is 11.6 Å². The molecule has 0 fully saturated rings. The molecule has 0 saturated heterocycles. The molecule has 2 aromatic carbocycles. The molecular weight excluding hydrogens is 346 g/mol. The summed E-state index contributed by atoms with van der Waals surface area (Å²) in [6, 6.07) is 8.28. The van der Waals surface area contributed by atoms with Crippen molar-refractivity contribution in [1.29, 1.82) is 0 Å². The third-order valence-corrected chi connectivity index (χ3v) is 3.49. The molecule has 7 heteroatoms. The van der Waals surface area contributed by atoms with E-state index in [0.29, 0.717) is 13.0 Å². The van der Waals surface area contributed by atoms with Gasteiger partial charge in [0.05, 0.1) is 15.1 Å². The number of hydrogen-bond acceptors (Lipinski definition) is 3. The Bertz CT molecular complexity index is 663. The molecule has 0 bridgehead atoms. The maximum atomic E-state index is 13.5. The molecule has 0 aromatic heterocycles. The largest absolute Gasteiger partial charge is 0.382 e. The maximum absolute atomic E-state index is 13.5. The van der Waals surface area contributed by atoms with E-state index >= 15 is 0 Å². The Balaban J connectivity index is 1.95. The Labute approximate surface area is 128 Å². The monoisotopic (exact) mass is 356 g/mol. The number of rotatable bonds is 5. The minimum absolute atomic E-state index is 0.0280. The van der Waals surface area contributed by atoms with E-state index in [0.717, 1.165) is 11.6 Å². The van der Waals surface area contributed by atoms with Crippen molar-refractivity contribution in [2.24, 2.45) is 0 Å². The predicted molar refractivity (Wildman–Crippen MR) is 79.3 cm³/mol. The van der Waals surface area contributed by atoms with Crippen LogP contribution in [0.2, 0.25) is 0 Å². The molecule has 4 nitrogen and oxygen atoms in total. The fraction of sp³-hybridized carbons (Fsp3) is 0.143. The van der Waals surface area contributed by atoms with Gasteiger partial charge in [-0.15, -0.1) is 0 Å². The molecule has 2 rings (SSSR count). The SMILES string of the molecule is O=[N+]([O-])c1ccc(CCNc2cc(Br)c(F)cc2F)cc1. The van der Waals surface area contributed by atoms with E-state index < -0.39 is 16.6 Å². The fourth-order valence-electron chi connectivity index (χ4n) is 1.78. The molecule has 0 aliphatic rings. The lowest BCUT2D eigenvalue weighted by molar-refractivity contribution is -0.384. The van der Waals surface area contributed by atoms with Crippen LogP contribution in [-0.4, -0.2) is 11.5 Å². The second kappa shape index (κ2) is 6.62. The number of non-ortho nitro benzene ring substituents is 1. The predicted octanol–water partition coefficient (Wildman–Crippen LogP) is 4.29. The summed E-state index contributed by atoms with van der Waals surface area (Å²) in [5.74, 6) is -1.33. The van der Waals surface area contributed by atoms with Gasteiger partial charge in [0, 0.05) is 24.7 Å². The van der Waals surface area contributed by atoms with Crippen molar-refractivity contribution in [2.45, 2.75) is 6.42 Å². The molecule has 21 heavy (non-hydrogen) atoms. The van der Waals surface area contributed by atoms with E-state index in [9.17, 15) is 18.9 Å². The number of anilines is 1. The van der Waals surface area contributed by atoms with E-state index in [1.54, 1.807) is 12.1 Å². The summed E-state index contributed by atoms with van der Waals surface area (Å²) < 4.78 is 26.8. The van der Waals surface area contributed by atoms with Gasteiger partial charge in [-0.05, 0) is 34.0 Å². The average Bonchev–Trinajstić information content (AvgIpc) is 2.45. The molecule has 0 aliphatic carbocycles. The molecule has 0 heterocycles. The van der Waals surface area contributed by atoms with Crippen molar-refractivity contribution in [3.63, 3.8) is 0 Å². The summed E-state index contributed by atoms with van der Waals surface area (Å²) in [6.45, 7) is 0.423. The standard InChI is InChI=1S/C14H11BrF2N2O2/c15-11-7-14(13(17)8-12(11)16)18-6-5-9-1-3-10(4-2-9)19(20)21/h1-4,7-8,18H,5-6H2. The Morgan fingerprint density at radius 3 is 2.43 bits per heavy atom. The summed E-state index contributed by atoms with van der Waals surface area (Å²) in [4.78, 5) is 10.1. The van der Waals surface area contributed by atoms with Crippen LogP contribution in [0, 0.1) is 21.7 Å². The minimum Gasteiger partial charge on any atom is -0.382 e. The van der Waals surface area contributed by atoms with Gasteiger partial charge in [0.2, 0.25) is 0 Å². The number of halogens is 3. The van der Waals surface area contributed by atoms with Crippen LogP contribution >= 0.6 is 15.9 Å². The first kappa shape index (κ1) is 15.4. The highest BCUT2D eigenvalue weighted by Crippen LogP contribution is 2.23. The van der Waals surface area contributed by atoms with Crippen molar-refractivity contribution in [3.05, 3.63) is 68.2 Å². The smallest absolute Gasteiger partial charge is 0.269 e. The molecule has 110 valence electrons. The number of nitrogens with zero attached hydrogens (tertiary/aromatic N) is 1. The number of nitrogens with one attached hydrogen (secondary N) is 1. The lowest BCUT2D eigenvalue weighted by Crippen LogP contribution is -2.06. The van der Waals surface area contributed by atoms with E-state index in [4.69, 9.17) is 0 Å². The number of nitro groups is 1. The lowest BCUT2D eigenvalue weighted by Gasteiger charge is -2.08. The third-order valence-electron chi connectivity index (χ3n) is 2.89. The highest BCUT2D eigenvalue weighted by atomic mass is 79.9. The normalized spacial score (nSPS) is 10.4. The molecule has 0 saturated carbocycles. The number of hydrogen-bond donors (Lipinski definition) is 1. The summed E-state index contributed by atoms with van der Waals surface area (Å²) >= 11 is 2.99. The lowest BCUT2D eigenvalue weighted by atomic mass is 10.1. The van der Waals surface area contributed by atoms with E-state index in [-0.39, 0.29) is 15.8 Å². The first-order valence-corrected chi connectivity index (χ1v) is 6.88. The third kappa shape index (κ3) is 3.98. The van der Waals surface area contributed by atoms with Crippen LogP contribution in [0.1, 0.15) is 5.56 Å². The van der Waals surface area contributed by atoms with Gasteiger partial charge >= 0.3 is 0 Å². The van der Waals surface area contributed by atoms with Crippen LogP contribution in [0.5, 0.6) is 0 Å². The molecule has 1 N–H and O–H groups in total. The Morgan fingerprint density at radius 2 is 1.81 bits per heavy atom. The van der Waals surface area contributed by atoms with Gasteiger partial charge in [-0.3, -0.25) is 10.1 Å². The van der Waals surface area contributed by atoms with Crippen LogP contribution in [-0.2, 0) is 6.42 Å². The van der Waals surface area contributed by atoms with Crippen molar-refractivity contribution in [1.82, 2.24) is 0 Å².